The molecule has 1 aliphatic heterocycles. The molecule has 0 radical (unpaired) electrons. The van der Waals surface area contributed by atoms with Crippen LogP contribution in [0.2, 0.25) is 0 Å². The highest BCUT2D eigenvalue weighted by Gasteiger charge is 2.38. The Morgan fingerprint density at radius 3 is 2.92 bits per heavy atom. The molecule has 0 aliphatic carbocycles. The molecule has 0 spiro atoms. The molecule has 0 bridgehead atoms. The molecule has 6 nitrogen and oxygen atoms in total. The van der Waals surface area contributed by atoms with Crippen molar-refractivity contribution in [3.05, 3.63) is 47.8 Å². The third-order valence-corrected chi connectivity index (χ3v) is 4.66. The number of amides is 1. The monoisotopic (exact) mass is 343 g/mol. The summed E-state index contributed by atoms with van der Waals surface area (Å²) in [6.07, 6.45) is 5.34. The highest BCUT2D eigenvalue weighted by molar-refractivity contribution is 5.76. The summed E-state index contributed by atoms with van der Waals surface area (Å²) in [7, 11) is 1.86. The highest BCUT2D eigenvalue weighted by atomic mass is 16.5. The van der Waals surface area contributed by atoms with Gasteiger partial charge in [0.25, 0.3) is 0 Å². The molecule has 1 saturated heterocycles. The molecule has 1 aromatic heterocycles. The van der Waals surface area contributed by atoms with Crippen molar-refractivity contribution in [1.29, 1.82) is 0 Å². The smallest absolute Gasteiger partial charge is 0.223 e. The van der Waals surface area contributed by atoms with Crippen LogP contribution in [0.15, 0.2) is 36.7 Å². The molecule has 0 saturated carbocycles. The van der Waals surface area contributed by atoms with Gasteiger partial charge in [-0.1, -0.05) is 18.2 Å². The van der Waals surface area contributed by atoms with Crippen molar-refractivity contribution in [2.75, 3.05) is 19.7 Å². The summed E-state index contributed by atoms with van der Waals surface area (Å²) in [6.45, 7) is 3.07. The van der Waals surface area contributed by atoms with Crippen molar-refractivity contribution >= 4 is 5.91 Å². The fourth-order valence-corrected chi connectivity index (χ4v) is 3.13. The molecule has 2 aromatic rings. The molecule has 1 atom stereocenters. The van der Waals surface area contributed by atoms with E-state index in [0.717, 1.165) is 16.9 Å². The van der Waals surface area contributed by atoms with Gasteiger partial charge in [0.2, 0.25) is 5.91 Å². The van der Waals surface area contributed by atoms with E-state index < -0.39 is 5.60 Å². The van der Waals surface area contributed by atoms with Gasteiger partial charge in [-0.3, -0.25) is 9.48 Å². The van der Waals surface area contributed by atoms with Crippen LogP contribution in [0.1, 0.15) is 24.0 Å². The molecular weight excluding hydrogens is 318 g/mol. The largest absolute Gasteiger partial charge is 0.490 e. The van der Waals surface area contributed by atoms with Gasteiger partial charge in [-0.05, 0) is 37.0 Å². The molecule has 25 heavy (non-hydrogen) atoms. The topological polar surface area (TPSA) is 67.6 Å². The second-order valence-electron chi connectivity index (χ2n) is 6.87. The summed E-state index contributed by atoms with van der Waals surface area (Å²) in [4.78, 5) is 14.1. The van der Waals surface area contributed by atoms with Crippen LogP contribution in [-0.4, -0.2) is 51.0 Å². The lowest BCUT2D eigenvalue weighted by atomic mass is 10.1. The maximum absolute atomic E-state index is 12.4. The average Bonchev–Trinajstić information content (AvgIpc) is 3.18. The maximum Gasteiger partial charge on any atom is 0.223 e. The Balaban J connectivity index is 1.49. The van der Waals surface area contributed by atoms with Crippen molar-refractivity contribution in [2.45, 2.75) is 31.8 Å². The number of aromatic nitrogens is 2. The van der Waals surface area contributed by atoms with E-state index in [9.17, 15) is 9.90 Å². The molecule has 6 heteroatoms. The number of ether oxygens (including phenoxy) is 1. The van der Waals surface area contributed by atoms with E-state index in [2.05, 4.69) is 5.10 Å². The summed E-state index contributed by atoms with van der Waals surface area (Å²) in [5.41, 5.74) is 1.10. The van der Waals surface area contributed by atoms with Crippen LogP contribution in [0.25, 0.3) is 0 Å². The molecule has 1 N–H and O–H groups in total. The Labute approximate surface area is 148 Å². The molecular formula is C19H25N3O3. The van der Waals surface area contributed by atoms with E-state index in [0.29, 0.717) is 32.4 Å². The molecule has 2 heterocycles. The van der Waals surface area contributed by atoms with Crippen LogP contribution >= 0.6 is 0 Å². The first-order valence-electron chi connectivity index (χ1n) is 8.61. The first-order chi connectivity index (χ1) is 12.0. The minimum Gasteiger partial charge on any atom is -0.490 e. The zero-order chi connectivity index (χ0) is 17.9. The van der Waals surface area contributed by atoms with E-state index in [1.807, 2.05) is 44.4 Å². The Morgan fingerprint density at radius 1 is 1.40 bits per heavy atom. The fourth-order valence-electron chi connectivity index (χ4n) is 3.13. The van der Waals surface area contributed by atoms with Crippen molar-refractivity contribution in [2.24, 2.45) is 7.05 Å². The van der Waals surface area contributed by atoms with Crippen LogP contribution in [0.3, 0.4) is 0 Å². The SMILES string of the molecule is Cc1ccccc1OC[C@@]1(O)CCN(C(=O)CCc2cnn(C)c2)C1. The number of β-amino-alcohol motifs (C(OH)–C–C–N with tert-alkyl or cyclic N) is 1. The van der Waals surface area contributed by atoms with Crippen LogP contribution in [-0.2, 0) is 18.3 Å². The van der Waals surface area contributed by atoms with Gasteiger partial charge in [-0.15, -0.1) is 0 Å². The minimum atomic E-state index is -0.980. The van der Waals surface area contributed by atoms with Gasteiger partial charge in [0.05, 0.1) is 12.7 Å². The summed E-state index contributed by atoms with van der Waals surface area (Å²) < 4.78 is 7.52. The van der Waals surface area contributed by atoms with Gasteiger partial charge < -0.3 is 14.7 Å². The predicted molar refractivity (Wildman–Crippen MR) is 94.3 cm³/mol. The Bertz CT molecular complexity index is 743. The number of carbonyl (C=O) groups excluding carboxylic acids is 1. The van der Waals surface area contributed by atoms with Crippen LogP contribution in [0, 0.1) is 6.92 Å². The van der Waals surface area contributed by atoms with Gasteiger partial charge in [-0.25, -0.2) is 0 Å². The molecule has 1 aromatic carbocycles. The van der Waals surface area contributed by atoms with Crippen LogP contribution in [0.4, 0.5) is 0 Å². The first kappa shape index (κ1) is 17.5. The standard InChI is InChI=1S/C19H25N3O3/c1-15-5-3-4-6-17(15)25-14-19(24)9-10-22(13-19)18(23)8-7-16-11-20-21(2)12-16/h3-6,11-12,24H,7-10,13-14H2,1-2H3/t19-/m1/s1. The third kappa shape index (κ3) is 4.39. The molecule has 0 unspecified atom stereocenters. The summed E-state index contributed by atoms with van der Waals surface area (Å²) >= 11 is 0. The molecule has 134 valence electrons. The zero-order valence-electron chi connectivity index (χ0n) is 14.8. The van der Waals surface area contributed by atoms with E-state index in [1.165, 1.54) is 0 Å². The Kier molecular flexibility index (Phi) is 5.08. The van der Waals surface area contributed by atoms with Gasteiger partial charge in [0, 0.05) is 26.2 Å². The molecule has 1 aliphatic rings. The third-order valence-electron chi connectivity index (χ3n) is 4.66. The number of para-hydroxylation sites is 1. The number of carbonyl (C=O) groups is 1. The summed E-state index contributed by atoms with van der Waals surface area (Å²) in [5.74, 6) is 0.841. The van der Waals surface area contributed by atoms with Crippen LogP contribution in [0.5, 0.6) is 5.75 Å². The lowest BCUT2D eigenvalue weighted by Crippen LogP contribution is -2.40. The number of aryl methyl sites for hydroxylation is 3. The first-order valence-corrected chi connectivity index (χ1v) is 8.61. The van der Waals surface area contributed by atoms with Gasteiger partial charge >= 0.3 is 0 Å². The predicted octanol–water partition coefficient (Wildman–Crippen LogP) is 1.70. The Morgan fingerprint density at radius 2 is 2.20 bits per heavy atom. The van der Waals surface area contributed by atoms with Gasteiger partial charge in [-0.2, -0.15) is 5.10 Å². The second-order valence-corrected chi connectivity index (χ2v) is 6.87. The van der Waals surface area contributed by atoms with E-state index in [-0.39, 0.29) is 12.5 Å². The zero-order valence-corrected chi connectivity index (χ0v) is 14.8. The number of hydrogen-bond acceptors (Lipinski definition) is 4. The fraction of sp³-hybridized carbons (Fsp3) is 0.474. The van der Waals surface area contributed by atoms with Gasteiger partial charge in [0.1, 0.15) is 18.0 Å². The second kappa shape index (κ2) is 7.27. The summed E-state index contributed by atoms with van der Waals surface area (Å²) in [5, 5.41) is 14.8. The molecule has 3 rings (SSSR count). The lowest BCUT2D eigenvalue weighted by molar-refractivity contribution is -0.131. The van der Waals surface area contributed by atoms with Crippen molar-refractivity contribution in [3.8, 4) is 5.75 Å². The van der Waals surface area contributed by atoms with Gasteiger partial charge in [0.15, 0.2) is 0 Å². The van der Waals surface area contributed by atoms with E-state index in [1.54, 1.807) is 15.8 Å². The number of likely N-dealkylation sites (tertiary alicyclic amines) is 1. The van der Waals surface area contributed by atoms with Crippen molar-refractivity contribution < 1.29 is 14.6 Å². The number of aliphatic hydroxyl groups is 1. The van der Waals surface area contributed by atoms with Crippen molar-refractivity contribution in [3.63, 3.8) is 0 Å². The maximum atomic E-state index is 12.4. The van der Waals surface area contributed by atoms with E-state index >= 15 is 0 Å². The quantitative estimate of drug-likeness (QED) is 0.867. The number of nitrogens with zero attached hydrogens (tertiary/aromatic N) is 3. The summed E-state index contributed by atoms with van der Waals surface area (Å²) in [6, 6.07) is 7.73. The Hall–Kier alpha value is -2.34. The molecule has 1 fully saturated rings. The van der Waals surface area contributed by atoms with Crippen LogP contribution < -0.4 is 4.74 Å². The number of benzene rings is 1. The average molecular weight is 343 g/mol. The molecule has 1 amide bonds. The van der Waals surface area contributed by atoms with Crippen molar-refractivity contribution in [1.82, 2.24) is 14.7 Å². The number of hydrogen-bond donors (Lipinski definition) is 1. The number of rotatable bonds is 6. The highest BCUT2D eigenvalue weighted by Crippen LogP contribution is 2.25. The minimum absolute atomic E-state index is 0.0654. The normalized spacial score (nSPS) is 20.0. The van der Waals surface area contributed by atoms with E-state index in [4.69, 9.17) is 4.74 Å². The lowest BCUT2D eigenvalue weighted by Gasteiger charge is -2.24.